The number of rotatable bonds is 3. The molecule has 1 aliphatic rings. The highest BCUT2D eigenvalue weighted by Gasteiger charge is 2.28. The van der Waals surface area contributed by atoms with E-state index in [0.717, 1.165) is 19.5 Å². The van der Waals surface area contributed by atoms with Crippen molar-refractivity contribution >= 4 is 28.2 Å². The molecule has 0 saturated carbocycles. The minimum Gasteiger partial charge on any atom is -0.365 e. The van der Waals surface area contributed by atoms with Crippen molar-refractivity contribution in [3.8, 4) is 6.07 Å². The molecule has 1 aliphatic heterocycles. The third-order valence-corrected chi connectivity index (χ3v) is 5.68. The molecule has 0 N–H and O–H groups in total. The van der Waals surface area contributed by atoms with Crippen LogP contribution in [0.5, 0.6) is 0 Å². The zero-order chi connectivity index (χ0) is 21.4. The van der Waals surface area contributed by atoms with E-state index in [4.69, 9.17) is 0 Å². The average Bonchev–Trinajstić information content (AvgIpc) is 3.11. The summed E-state index contributed by atoms with van der Waals surface area (Å²) in [7, 11) is 0. The summed E-state index contributed by atoms with van der Waals surface area (Å²) >= 11 is 0. The van der Waals surface area contributed by atoms with Gasteiger partial charge in [0.15, 0.2) is 0 Å². The Morgan fingerprint density at radius 2 is 1.87 bits per heavy atom. The van der Waals surface area contributed by atoms with E-state index < -0.39 is 10.8 Å². The maximum Gasteiger partial charge on any atom is 0.293 e. The van der Waals surface area contributed by atoms with E-state index in [2.05, 4.69) is 19.9 Å². The quantitative estimate of drug-likeness (QED) is 0.472. The van der Waals surface area contributed by atoms with Gasteiger partial charge >= 0.3 is 0 Å². The molecule has 4 rings (SSSR count). The molecule has 152 valence electrons. The van der Waals surface area contributed by atoms with Crippen molar-refractivity contribution in [1.29, 1.82) is 5.26 Å². The molecule has 1 saturated heterocycles. The van der Waals surface area contributed by atoms with Crippen LogP contribution < -0.4 is 4.90 Å². The van der Waals surface area contributed by atoms with E-state index in [9.17, 15) is 20.2 Å². The van der Waals surface area contributed by atoms with Gasteiger partial charge in [-0.05, 0) is 36.5 Å². The summed E-state index contributed by atoms with van der Waals surface area (Å²) in [4.78, 5) is 26.6. The monoisotopic (exact) mass is 402 g/mol. The zero-order valence-electron chi connectivity index (χ0n) is 16.9. The molecule has 1 aromatic heterocycles. The number of nitrogens with zero attached hydrogens (tertiary/aromatic N) is 4. The number of piperidine rings is 1. The summed E-state index contributed by atoms with van der Waals surface area (Å²) in [5.74, 6) is 0.498. The van der Waals surface area contributed by atoms with Crippen LogP contribution in [0.25, 0.3) is 10.9 Å². The molecule has 0 aliphatic carbocycles. The summed E-state index contributed by atoms with van der Waals surface area (Å²) in [6, 6.07) is 13.9. The second-order valence-corrected chi connectivity index (χ2v) is 8.16. The number of hydrogen-bond acceptors (Lipinski definition) is 5. The first-order chi connectivity index (χ1) is 14.4. The third kappa shape index (κ3) is 3.41. The highest BCUT2D eigenvalue weighted by atomic mass is 16.6. The number of carbonyl (C=O) groups excluding carboxylic acids is 1. The van der Waals surface area contributed by atoms with Crippen LogP contribution in [0.3, 0.4) is 0 Å². The van der Waals surface area contributed by atoms with Crippen LogP contribution in [-0.4, -0.2) is 28.5 Å². The molecule has 7 nitrogen and oxygen atoms in total. The molecule has 2 atom stereocenters. The largest absolute Gasteiger partial charge is 0.365 e. The van der Waals surface area contributed by atoms with Gasteiger partial charge < -0.3 is 4.90 Å². The summed E-state index contributed by atoms with van der Waals surface area (Å²) in [5, 5.41) is 21.9. The number of fused-ring (bicyclic) bond motifs is 1. The average molecular weight is 402 g/mol. The molecule has 7 heteroatoms. The molecule has 3 aromatic rings. The molecule has 0 radical (unpaired) electrons. The van der Waals surface area contributed by atoms with E-state index in [1.807, 2.05) is 4.90 Å². The first-order valence-electron chi connectivity index (χ1n) is 9.97. The van der Waals surface area contributed by atoms with Crippen molar-refractivity contribution in [2.24, 2.45) is 11.8 Å². The number of nitro groups is 1. The maximum absolute atomic E-state index is 13.2. The predicted octanol–water partition coefficient (Wildman–Crippen LogP) is 4.59. The summed E-state index contributed by atoms with van der Waals surface area (Å²) < 4.78 is 1.39. The Morgan fingerprint density at radius 1 is 1.17 bits per heavy atom. The number of carbonyl (C=O) groups is 1. The highest BCUT2D eigenvalue weighted by Crippen LogP contribution is 2.34. The van der Waals surface area contributed by atoms with Crippen LogP contribution in [0.4, 0.5) is 11.4 Å². The van der Waals surface area contributed by atoms with Gasteiger partial charge in [0.05, 0.1) is 16.0 Å². The topological polar surface area (TPSA) is 92.2 Å². The van der Waals surface area contributed by atoms with Gasteiger partial charge in [-0.1, -0.05) is 32.0 Å². The van der Waals surface area contributed by atoms with E-state index in [1.54, 1.807) is 36.4 Å². The second kappa shape index (κ2) is 7.64. The molecular weight excluding hydrogens is 380 g/mol. The smallest absolute Gasteiger partial charge is 0.293 e. The SMILES string of the molecule is C[C@@H]1C[C@@H](C)CN(c2ccc(C(=O)n3cc(C#N)c4ccccc43)cc2[N+](=O)[O-])C1. The Hall–Kier alpha value is -3.66. The number of hydrogen-bond donors (Lipinski definition) is 0. The minimum atomic E-state index is -0.426. The van der Waals surface area contributed by atoms with Gasteiger partial charge in [0.2, 0.25) is 0 Å². The Morgan fingerprint density at radius 3 is 2.53 bits per heavy atom. The molecule has 0 amide bonds. The van der Waals surface area contributed by atoms with Gasteiger partial charge in [-0.15, -0.1) is 0 Å². The molecule has 0 bridgehead atoms. The Balaban J connectivity index is 1.76. The highest BCUT2D eigenvalue weighted by molar-refractivity contribution is 6.04. The van der Waals surface area contributed by atoms with Gasteiger partial charge in [-0.2, -0.15) is 5.26 Å². The van der Waals surface area contributed by atoms with Gasteiger partial charge in [0.1, 0.15) is 11.8 Å². The molecular formula is C23H22N4O3. The van der Waals surface area contributed by atoms with Crippen LogP contribution in [0.15, 0.2) is 48.7 Å². The lowest BCUT2D eigenvalue weighted by Crippen LogP contribution is -2.39. The van der Waals surface area contributed by atoms with E-state index in [0.29, 0.717) is 34.0 Å². The standard InChI is InChI=1S/C23H22N4O3/c1-15-9-16(2)13-25(12-15)21-8-7-17(10-22(21)27(29)30)23(28)26-14-18(11-24)19-5-3-4-6-20(19)26/h3-8,10,14-16H,9,12-13H2,1-2H3/t15-,16-/m1/s1. The molecule has 30 heavy (non-hydrogen) atoms. The van der Waals surface area contributed by atoms with Crippen LogP contribution >= 0.6 is 0 Å². The number of nitriles is 1. The van der Waals surface area contributed by atoms with E-state index >= 15 is 0 Å². The fraction of sp³-hybridized carbons (Fsp3) is 0.304. The van der Waals surface area contributed by atoms with E-state index in [-0.39, 0.29) is 11.3 Å². The molecule has 0 unspecified atom stereocenters. The van der Waals surface area contributed by atoms with Crippen LogP contribution in [0.1, 0.15) is 36.2 Å². The molecule has 2 heterocycles. The number of benzene rings is 2. The van der Waals surface area contributed by atoms with Gasteiger partial charge in [0.25, 0.3) is 11.6 Å². The van der Waals surface area contributed by atoms with E-state index in [1.165, 1.54) is 16.8 Å². The number of para-hydroxylation sites is 1. The molecule has 2 aromatic carbocycles. The third-order valence-electron chi connectivity index (χ3n) is 5.68. The second-order valence-electron chi connectivity index (χ2n) is 8.16. The minimum absolute atomic E-state index is 0.0703. The van der Waals surface area contributed by atoms with Crippen LogP contribution in [0.2, 0.25) is 0 Å². The summed E-state index contributed by atoms with van der Waals surface area (Å²) in [5.41, 5.74) is 1.68. The predicted molar refractivity (Wildman–Crippen MR) is 115 cm³/mol. The van der Waals surface area contributed by atoms with Crippen LogP contribution in [-0.2, 0) is 0 Å². The number of aromatic nitrogens is 1. The van der Waals surface area contributed by atoms with Crippen molar-refractivity contribution in [2.75, 3.05) is 18.0 Å². The lowest BCUT2D eigenvalue weighted by Gasteiger charge is -2.36. The first kappa shape index (κ1) is 19.6. The normalized spacial score (nSPS) is 18.9. The van der Waals surface area contributed by atoms with Crippen molar-refractivity contribution in [1.82, 2.24) is 4.57 Å². The lowest BCUT2D eigenvalue weighted by atomic mass is 9.91. The van der Waals surface area contributed by atoms with Crippen molar-refractivity contribution < 1.29 is 9.72 Å². The van der Waals surface area contributed by atoms with Gasteiger partial charge in [0, 0.05) is 36.3 Å². The summed E-state index contributed by atoms with van der Waals surface area (Å²) in [6.45, 7) is 5.81. The van der Waals surface area contributed by atoms with Gasteiger partial charge in [-0.25, -0.2) is 0 Å². The Bertz CT molecular complexity index is 1180. The molecule has 1 fully saturated rings. The fourth-order valence-electron chi connectivity index (χ4n) is 4.51. The first-order valence-corrected chi connectivity index (χ1v) is 9.97. The Labute approximate surface area is 174 Å². The van der Waals surface area contributed by atoms with Crippen molar-refractivity contribution in [3.05, 3.63) is 69.9 Å². The Kier molecular flexibility index (Phi) is 5.00. The van der Waals surface area contributed by atoms with Gasteiger partial charge in [-0.3, -0.25) is 19.5 Å². The zero-order valence-corrected chi connectivity index (χ0v) is 16.9. The number of anilines is 1. The number of nitro benzene ring substituents is 1. The fourth-order valence-corrected chi connectivity index (χ4v) is 4.51. The van der Waals surface area contributed by atoms with Crippen LogP contribution in [0, 0.1) is 33.3 Å². The summed E-state index contributed by atoms with van der Waals surface area (Å²) in [6.07, 6.45) is 2.59. The van der Waals surface area contributed by atoms with Crippen molar-refractivity contribution in [3.63, 3.8) is 0 Å². The molecule has 0 spiro atoms. The lowest BCUT2D eigenvalue weighted by molar-refractivity contribution is -0.384. The van der Waals surface area contributed by atoms with Crippen molar-refractivity contribution in [2.45, 2.75) is 20.3 Å². The maximum atomic E-state index is 13.2.